The lowest BCUT2D eigenvalue weighted by Crippen LogP contribution is -1.70. The summed E-state index contributed by atoms with van der Waals surface area (Å²) in [5.41, 5.74) is 1.13. The van der Waals surface area contributed by atoms with E-state index in [1.54, 1.807) is 11.3 Å². The number of hydrogen-bond acceptors (Lipinski definition) is 5. The fourth-order valence-corrected chi connectivity index (χ4v) is 4.59. The van der Waals surface area contributed by atoms with Crippen molar-refractivity contribution in [1.82, 2.24) is 0 Å². The third-order valence-electron chi connectivity index (χ3n) is 2.64. The maximum Gasteiger partial charge on any atom is 0.160 e. The minimum Gasteiger partial charge on any atom is -0.297 e. The number of hydrogen-bond donors (Lipinski definition) is 0. The fraction of sp³-hybridized carbons (Fsp3) is 0. The first-order valence-electron chi connectivity index (χ1n) is 5.50. The molecule has 0 saturated heterocycles. The Morgan fingerprint density at radius 1 is 0.789 bits per heavy atom. The number of carbonyl (C=O) groups excluding carboxylic acids is 2. The van der Waals surface area contributed by atoms with Gasteiger partial charge in [-0.25, -0.2) is 0 Å². The van der Waals surface area contributed by atoms with Crippen molar-refractivity contribution in [2.75, 3.05) is 0 Å². The molecule has 3 rings (SSSR count). The summed E-state index contributed by atoms with van der Waals surface area (Å²) in [6, 6.07) is 9.66. The Bertz CT molecular complexity index is 673. The van der Waals surface area contributed by atoms with E-state index < -0.39 is 0 Å². The smallest absolute Gasteiger partial charge is 0.160 e. The monoisotopic (exact) mass is 304 g/mol. The Balaban J connectivity index is 2.06. The van der Waals surface area contributed by atoms with Crippen molar-refractivity contribution in [2.45, 2.75) is 0 Å². The normalized spacial score (nSPS) is 10.5. The molecule has 94 valence electrons. The van der Waals surface area contributed by atoms with Gasteiger partial charge in [-0.3, -0.25) is 9.59 Å². The van der Waals surface area contributed by atoms with Crippen LogP contribution in [-0.2, 0) is 0 Å². The van der Waals surface area contributed by atoms with Crippen LogP contribution >= 0.6 is 34.0 Å². The van der Waals surface area contributed by atoms with Crippen molar-refractivity contribution in [3.8, 4) is 20.2 Å². The second-order valence-electron chi connectivity index (χ2n) is 3.80. The van der Waals surface area contributed by atoms with Crippen LogP contribution in [0.1, 0.15) is 19.3 Å². The highest BCUT2D eigenvalue weighted by atomic mass is 32.1. The van der Waals surface area contributed by atoms with Crippen LogP contribution in [0, 0.1) is 0 Å². The molecule has 0 bridgehead atoms. The van der Waals surface area contributed by atoms with E-state index in [1.807, 2.05) is 29.6 Å². The summed E-state index contributed by atoms with van der Waals surface area (Å²) in [4.78, 5) is 26.3. The van der Waals surface area contributed by atoms with Gasteiger partial charge < -0.3 is 0 Å². The first kappa shape index (κ1) is 12.5. The van der Waals surface area contributed by atoms with Crippen LogP contribution in [0.15, 0.2) is 35.7 Å². The number of thiophene rings is 3. The minimum absolute atomic E-state index is 0.729. The van der Waals surface area contributed by atoms with Gasteiger partial charge in [0.15, 0.2) is 12.6 Å². The van der Waals surface area contributed by atoms with Gasteiger partial charge in [0.1, 0.15) is 0 Å². The Hall–Kier alpha value is -1.56. The van der Waals surface area contributed by atoms with E-state index in [9.17, 15) is 9.59 Å². The zero-order valence-corrected chi connectivity index (χ0v) is 12.1. The molecule has 0 saturated carbocycles. The van der Waals surface area contributed by atoms with Crippen molar-refractivity contribution >= 4 is 46.6 Å². The molecule has 3 heterocycles. The highest BCUT2D eigenvalue weighted by Gasteiger charge is 2.13. The molecule has 0 aliphatic heterocycles. The van der Waals surface area contributed by atoms with Crippen molar-refractivity contribution in [3.63, 3.8) is 0 Å². The maximum atomic E-state index is 10.8. The molecule has 2 nitrogen and oxygen atoms in total. The summed E-state index contributed by atoms with van der Waals surface area (Å²) in [6.45, 7) is 0. The van der Waals surface area contributed by atoms with Crippen LogP contribution in [0.25, 0.3) is 20.2 Å². The molecule has 0 aromatic carbocycles. The zero-order valence-electron chi connectivity index (χ0n) is 9.66. The molecule has 5 heteroatoms. The quantitative estimate of drug-likeness (QED) is 0.647. The van der Waals surface area contributed by atoms with E-state index in [0.29, 0.717) is 0 Å². The fourth-order valence-electron chi connectivity index (χ4n) is 1.79. The molecule has 0 unspecified atom stereocenters. The third-order valence-corrected chi connectivity index (χ3v) is 5.79. The second kappa shape index (κ2) is 5.21. The summed E-state index contributed by atoms with van der Waals surface area (Å²) in [5, 5.41) is 2.03. The van der Waals surface area contributed by atoms with Crippen LogP contribution in [0.2, 0.25) is 0 Å². The van der Waals surface area contributed by atoms with Crippen molar-refractivity contribution < 1.29 is 9.59 Å². The van der Waals surface area contributed by atoms with Gasteiger partial charge in [0.25, 0.3) is 0 Å². The minimum atomic E-state index is 0.729. The standard InChI is InChI=1S/C14H8O2S3/c15-7-9-1-3-12(18-9)11-5-6-17-14(11)13-4-2-10(8-16)19-13/h1-8H. The van der Waals surface area contributed by atoms with Gasteiger partial charge in [-0.2, -0.15) is 0 Å². The highest BCUT2D eigenvalue weighted by Crippen LogP contribution is 2.41. The van der Waals surface area contributed by atoms with Crippen LogP contribution < -0.4 is 0 Å². The SMILES string of the molecule is O=Cc1ccc(-c2ccsc2-c2ccc(C=O)s2)s1. The van der Waals surface area contributed by atoms with Crippen LogP contribution in [0.5, 0.6) is 0 Å². The number of carbonyl (C=O) groups is 2. The van der Waals surface area contributed by atoms with Crippen LogP contribution in [0.3, 0.4) is 0 Å². The van der Waals surface area contributed by atoms with Crippen LogP contribution in [0.4, 0.5) is 0 Å². The molecule has 0 radical (unpaired) electrons. The lowest BCUT2D eigenvalue weighted by molar-refractivity contribution is 0.111. The average Bonchev–Trinajstić information content (AvgIpc) is 3.16. The third kappa shape index (κ3) is 2.32. The Kier molecular flexibility index (Phi) is 3.42. The van der Waals surface area contributed by atoms with Crippen molar-refractivity contribution in [1.29, 1.82) is 0 Å². The molecule has 0 atom stereocenters. The van der Waals surface area contributed by atoms with Gasteiger partial charge in [0.05, 0.1) is 14.6 Å². The first-order chi connectivity index (χ1) is 9.31. The lowest BCUT2D eigenvalue weighted by Gasteiger charge is -1.98. The van der Waals surface area contributed by atoms with Crippen LogP contribution in [-0.4, -0.2) is 12.6 Å². The summed E-state index contributed by atoms with van der Waals surface area (Å²) >= 11 is 4.63. The molecule has 3 aromatic rings. The number of rotatable bonds is 4. The zero-order chi connectivity index (χ0) is 13.2. The van der Waals surface area contributed by atoms with E-state index in [4.69, 9.17) is 0 Å². The molecule has 3 aromatic heterocycles. The molecule has 0 amide bonds. The summed E-state index contributed by atoms with van der Waals surface area (Å²) in [7, 11) is 0. The van der Waals surface area contributed by atoms with Crippen molar-refractivity contribution in [2.24, 2.45) is 0 Å². The molecule has 0 spiro atoms. The molecule has 0 aliphatic carbocycles. The summed E-state index contributed by atoms with van der Waals surface area (Å²) in [5.74, 6) is 0. The lowest BCUT2D eigenvalue weighted by atomic mass is 10.2. The van der Waals surface area contributed by atoms with E-state index in [2.05, 4.69) is 6.07 Å². The van der Waals surface area contributed by atoms with Gasteiger partial charge in [0.2, 0.25) is 0 Å². The number of aldehydes is 2. The highest BCUT2D eigenvalue weighted by molar-refractivity contribution is 7.23. The summed E-state index contributed by atoms with van der Waals surface area (Å²) < 4.78 is 0. The van der Waals surface area contributed by atoms with E-state index in [0.717, 1.165) is 42.5 Å². The van der Waals surface area contributed by atoms with E-state index >= 15 is 0 Å². The van der Waals surface area contributed by atoms with E-state index in [-0.39, 0.29) is 0 Å². The summed E-state index contributed by atoms with van der Waals surface area (Å²) in [6.07, 6.45) is 1.74. The molecule has 19 heavy (non-hydrogen) atoms. The van der Waals surface area contributed by atoms with Gasteiger partial charge >= 0.3 is 0 Å². The van der Waals surface area contributed by atoms with Gasteiger partial charge in [0, 0.05) is 15.3 Å². The topological polar surface area (TPSA) is 34.1 Å². The molecule has 0 fully saturated rings. The van der Waals surface area contributed by atoms with Crippen molar-refractivity contribution in [3.05, 3.63) is 45.5 Å². The molecule has 0 aliphatic rings. The first-order valence-corrected chi connectivity index (χ1v) is 8.01. The average molecular weight is 304 g/mol. The van der Waals surface area contributed by atoms with Gasteiger partial charge in [-0.15, -0.1) is 34.0 Å². The Morgan fingerprint density at radius 2 is 1.42 bits per heavy atom. The Morgan fingerprint density at radius 3 is 2.05 bits per heavy atom. The Labute approximate surface area is 122 Å². The van der Waals surface area contributed by atoms with Gasteiger partial charge in [-0.1, -0.05) is 0 Å². The molecular weight excluding hydrogens is 296 g/mol. The molecule has 0 N–H and O–H groups in total. The van der Waals surface area contributed by atoms with E-state index in [1.165, 1.54) is 22.7 Å². The second-order valence-corrected chi connectivity index (χ2v) is 6.95. The maximum absolute atomic E-state index is 10.8. The largest absolute Gasteiger partial charge is 0.297 e. The predicted molar refractivity (Wildman–Crippen MR) is 81.7 cm³/mol. The predicted octanol–water partition coefficient (Wildman–Crippen LogP) is 4.83. The van der Waals surface area contributed by atoms with Gasteiger partial charge in [-0.05, 0) is 35.7 Å². The molecular formula is C14H8O2S3.